The maximum atomic E-state index is 12.1. The molecular weight excluding hydrogens is 282 g/mol. The van der Waals surface area contributed by atoms with Crippen LogP contribution in [0.3, 0.4) is 0 Å². The largest absolute Gasteiger partial charge is 0.356 e. The zero-order valence-electron chi connectivity index (χ0n) is 13.5. The van der Waals surface area contributed by atoms with Gasteiger partial charge in [0.25, 0.3) is 5.56 Å². The lowest BCUT2D eigenvalue weighted by atomic mass is 10.0. The summed E-state index contributed by atoms with van der Waals surface area (Å²) in [6.07, 6.45) is 1.13. The summed E-state index contributed by atoms with van der Waals surface area (Å²) in [6, 6.07) is 0. The number of aromatic amines is 1. The minimum atomic E-state index is -0.168. The standard InChI is InChI=1S/C15H23N5O2/c1-9-11(8-12(21)17-7-5-6-16-3)10(2)18-14-13(9)15(22)19-20(14)4/h16H,5-8H2,1-4H3,(H,17,21)(H,19,22). The Balaban J connectivity index is 2.23. The first-order valence-electron chi connectivity index (χ1n) is 7.41. The topological polar surface area (TPSA) is 91.8 Å². The van der Waals surface area contributed by atoms with Crippen LogP contribution in [0.5, 0.6) is 0 Å². The van der Waals surface area contributed by atoms with Crippen LogP contribution < -0.4 is 16.2 Å². The smallest absolute Gasteiger partial charge is 0.273 e. The molecule has 0 spiro atoms. The summed E-state index contributed by atoms with van der Waals surface area (Å²) in [5, 5.41) is 9.19. The first-order chi connectivity index (χ1) is 10.5. The van der Waals surface area contributed by atoms with E-state index in [1.54, 1.807) is 11.7 Å². The Labute approximate surface area is 129 Å². The van der Waals surface area contributed by atoms with Crippen LogP contribution in [0.2, 0.25) is 0 Å². The molecule has 7 heteroatoms. The highest BCUT2D eigenvalue weighted by Crippen LogP contribution is 2.20. The number of carbonyl (C=O) groups excluding carboxylic acids is 1. The van der Waals surface area contributed by atoms with Crippen molar-refractivity contribution in [3.8, 4) is 0 Å². The molecule has 2 rings (SSSR count). The van der Waals surface area contributed by atoms with E-state index in [4.69, 9.17) is 0 Å². The molecule has 22 heavy (non-hydrogen) atoms. The molecule has 0 saturated carbocycles. The van der Waals surface area contributed by atoms with Gasteiger partial charge in [-0.1, -0.05) is 0 Å². The molecular formula is C15H23N5O2. The summed E-state index contributed by atoms with van der Waals surface area (Å²) < 4.78 is 1.61. The second-order valence-electron chi connectivity index (χ2n) is 5.48. The number of hydrogen-bond donors (Lipinski definition) is 3. The van der Waals surface area contributed by atoms with Gasteiger partial charge < -0.3 is 10.6 Å². The number of pyridine rings is 1. The number of fused-ring (bicyclic) bond motifs is 1. The predicted octanol–water partition coefficient (Wildman–Crippen LogP) is 0.147. The molecule has 2 heterocycles. The minimum absolute atomic E-state index is 0.0455. The molecule has 0 fully saturated rings. The molecule has 2 aromatic heterocycles. The quantitative estimate of drug-likeness (QED) is 0.662. The lowest BCUT2D eigenvalue weighted by Gasteiger charge is -2.11. The van der Waals surface area contributed by atoms with Crippen molar-refractivity contribution in [2.45, 2.75) is 26.7 Å². The van der Waals surface area contributed by atoms with Crippen LogP contribution in [-0.4, -0.2) is 40.8 Å². The lowest BCUT2D eigenvalue weighted by Crippen LogP contribution is -2.28. The zero-order valence-corrected chi connectivity index (χ0v) is 13.5. The van der Waals surface area contributed by atoms with Gasteiger partial charge in [-0.25, -0.2) is 4.98 Å². The Morgan fingerprint density at radius 2 is 2.05 bits per heavy atom. The number of nitrogens with zero attached hydrogens (tertiary/aromatic N) is 2. The number of carbonyl (C=O) groups is 1. The third kappa shape index (κ3) is 3.19. The van der Waals surface area contributed by atoms with Gasteiger partial charge in [-0.05, 0) is 45.0 Å². The second-order valence-corrected chi connectivity index (χ2v) is 5.48. The first kappa shape index (κ1) is 16.2. The van der Waals surface area contributed by atoms with Gasteiger partial charge in [0.15, 0.2) is 5.65 Å². The maximum absolute atomic E-state index is 12.1. The van der Waals surface area contributed by atoms with Gasteiger partial charge in [0.05, 0.1) is 11.8 Å². The van der Waals surface area contributed by atoms with Gasteiger partial charge in [-0.2, -0.15) is 0 Å². The van der Waals surface area contributed by atoms with E-state index < -0.39 is 0 Å². The number of aromatic nitrogens is 3. The molecule has 0 radical (unpaired) electrons. The van der Waals surface area contributed by atoms with Crippen LogP contribution in [0.1, 0.15) is 23.2 Å². The van der Waals surface area contributed by atoms with E-state index in [1.807, 2.05) is 20.9 Å². The second kappa shape index (κ2) is 6.74. The van der Waals surface area contributed by atoms with Gasteiger partial charge in [0.2, 0.25) is 5.91 Å². The third-order valence-corrected chi connectivity index (χ3v) is 3.84. The van der Waals surface area contributed by atoms with Crippen LogP contribution in [0.25, 0.3) is 11.0 Å². The van der Waals surface area contributed by atoms with E-state index in [-0.39, 0.29) is 17.9 Å². The van der Waals surface area contributed by atoms with Crippen molar-refractivity contribution in [2.24, 2.45) is 7.05 Å². The van der Waals surface area contributed by atoms with Crippen molar-refractivity contribution in [1.82, 2.24) is 25.4 Å². The average molecular weight is 305 g/mol. The van der Waals surface area contributed by atoms with Crippen molar-refractivity contribution in [3.63, 3.8) is 0 Å². The molecule has 0 saturated heterocycles. The average Bonchev–Trinajstić information content (AvgIpc) is 2.74. The molecule has 0 unspecified atom stereocenters. The molecule has 1 amide bonds. The molecule has 0 aliphatic heterocycles. The molecule has 0 aliphatic rings. The summed E-state index contributed by atoms with van der Waals surface area (Å²) in [6.45, 7) is 5.24. The van der Waals surface area contributed by atoms with Gasteiger partial charge in [-0.15, -0.1) is 0 Å². The summed E-state index contributed by atoms with van der Waals surface area (Å²) in [4.78, 5) is 28.5. The number of amides is 1. The van der Waals surface area contributed by atoms with Crippen molar-refractivity contribution in [1.29, 1.82) is 0 Å². The van der Waals surface area contributed by atoms with E-state index in [9.17, 15) is 9.59 Å². The molecule has 2 aromatic rings. The minimum Gasteiger partial charge on any atom is -0.356 e. The summed E-state index contributed by atoms with van der Waals surface area (Å²) in [7, 11) is 3.64. The lowest BCUT2D eigenvalue weighted by molar-refractivity contribution is -0.120. The van der Waals surface area contributed by atoms with Crippen LogP contribution >= 0.6 is 0 Å². The zero-order chi connectivity index (χ0) is 16.3. The Morgan fingerprint density at radius 3 is 2.73 bits per heavy atom. The van der Waals surface area contributed by atoms with E-state index >= 15 is 0 Å². The van der Waals surface area contributed by atoms with E-state index in [2.05, 4.69) is 20.7 Å². The normalized spacial score (nSPS) is 11.1. The van der Waals surface area contributed by atoms with Crippen molar-refractivity contribution < 1.29 is 4.79 Å². The highest BCUT2D eigenvalue weighted by molar-refractivity contribution is 5.84. The van der Waals surface area contributed by atoms with Crippen LogP contribution in [0.15, 0.2) is 4.79 Å². The van der Waals surface area contributed by atoms with E-state index in [1.165, 1.54) is 0 Å². The number of H-pyrrole nitrogens is 1. The van der Waals surface area contributed by atoms with Crippen LogP contribution in [0.4, 0.5) is 0 Å². The fraction of sp³-hybridized carbons (Fsp3) is 0.533. The fourth-order valence-electron chi connectivity index (χ4n) is 2.62. The molecule has 0 aliphatic carbocycles. The number of nitrogens with one attached hydrogen (secondary N) is 3. The van der Waals surface area contributed by atoms with E-state index in [0.717, 1.165) is 29.8 Å². The SMILES string of the molecule is CNCCCNC(=O)Cc1c(C)nc2c(c1C)c(=O)[nH]n2C. The molecule has 0 atom stereocenters. The van der Waals surface area contributed by atoms with Crippen LogP contribution in [0, 0.1) is 13.8 Å². The number of rotatable bonds is 6. The molecule has 0 bridgehead atoms. The highest BCUT2D eigenvalue weighted by atomic mass is 16.1. The summed E-state index contributed by atoms with van der Waals surface area (Å²) in [5.74, 6) is -0.0455. The maximum Gasteiger partial charge on any atom is 0.273 e. The number of hydrogen-bond acceptors (Lipinski definition) is 4. The Bertz CT molecular complexity index is 744. The highest BCUT2D eigenvalue weighted by Gasteiger charge is 2.17. The predicted molar refractivity (Wildman–Crippen MR) is 86.1 cm³/mol. The Morgan fingerprint density at radius 1 is 1.32 bits per heavy atom. The van der Waals surface area contributed by atoms with Gasteiger partial charge in [-0.3, -0.25) is 19.4 Å². The first-order valence-corrected chi connectivity index (χ1v) is 7.41. The summed E-state index contributed by atoms with van der Waals surface area (Å²) in [5.41, 5.74) is 2.89. The van der Waals surface area contributed by atoms with E-state index in [0.29, 0.717) is 17.6 Å². The number of aryl methyl sites for hydroxylation is 3. The monoisotopic (exact) mass is 305 g/mol. The van der Waals surface area contributed by atoms with Crippen molar-refractivity contribution >= 4 is 16.9 Å². The summed E-state index contributed by atoms with van der Waals surface area (Å²) >= 11 is 0. The Hall–Kier alpha value is -2.15. The van der Waals surface area contributed by atoms with Crippen molar-refractivity contribution in [2.75, 3.05) is 20.1 Å². The molecule has 120 valence electrons. The Kier molecular flexibility index (Phi) is 4.97. The van der Waals surface area contributed by atoms with Gasteiger partial charge in [0.1, 0.15) is 0 Å². The van der Waals surface area contributed by atoms with Crippen molar-refractivity contribution in [3.05, 3.63) is 27.2 Å². The molecule has 7 nitrogen and oxygen atoms in total. The molecule has 0 aromatic carbocycles. The van der Waals surface area contributed by atoms with Gasteiger partial charge in [0, 0.05) is 19.3 Å². The van der Waals surface area contributed by atoms with Crippen LogP contribution in [-0.2, 0) is 18.3 Å². The fourth-order valence-corrected chi connectivity index (χ4v) is 2.62. The third-order valence-electron chi connectivity index (χ3n) is 3.84. The van der Waals surface area contributed by atoms with Gasteiger partial charge >= 0.3 is 0 Å². The molecule has 3 N–H and O–H groups in total.